The Morgan fingerprint density at radius 2 is 1.91 bits per heavy atom. The third kappa shape index (κ3) is 3.70. The van der Waals surface area contributed by atoms with E-state index in [0.29, 0.717) is 19.5 Å². The Hall–Kier alpha value is -2.37. The third-order valence-electron chi connectivity index (χ3n) is 4.27. The summed E-state index contributed by atoms with van der Waals surface area (Å²) in [5.41, 5.74) is 1.00. The number of anilines is 1. The fourth-order valence-electron chi connectivity index (χ4n) is 2.88. The Kier molecular flexibility index (Phi) is 4.60. The summed E-state index contributed by atoms with van der Waals surface area (Å²) in [7, 11) is 0. The van der Waals surface area contributed by atoms with Crippen LogP contribution in [0.2, 0.25) is 0 Å². The van der Waals surface area contributed by atoms with Crippen LogP contribution in [0.15, 0.2) is 42.7 Å². The summed E-state index contributed by atoms with van der Waals surface area (Å²) >= 11 is 0. The van der Waals surface area contributed by atoms with E-state index >= 15 is 0 Å². The van der Waals surface area contributed by atoms with Gasteiger partial charge in [-0.15, -0.1) is 0 Å². The molecule has 1 aromatic heterocycles. The van der Waals surface area contributed by atoms with E-state index in [1.807, 2.05) is 28.8 Å². The number of benzene rings is 1. The van der Waals surface area contributed by atoms with E-state index in [2.05, 4.69) is 10.00 Å². The summed E-state index contributed by atoms with van der Waals surface area (Å²) in [5.74, 6) is -0.0677. The number of aromatic nitrogens is 2. The van der Waals surface area contributed by atoms with Crippen LogP contribution in [0.1, 0.15) is 19.4 Å². The van der Waals surface area contributed by atoms with Crippen LogP contribution in [-0.4, -0.2) is 46.8 Å². The van der Waals surface area contributed by atoms with E-state index in [0.717, 1.165) is 18.8 Å². The minimum absolute atomic E-state index is 0.0626. The summed E-state index contributed by atoms with van der Waals surface area (Å²) in [6.45, 7) is 4.94. The largest absolute Gasteiger partial charge is 0.368 e. The number of carbonyl (C=O) groups is 1. The van der Waals surface area contributed by atoms with Gasteiger partial charge in [0.05, 0.1) is 6.04 Å². The molecule has 1 unspecified atom stereocenters. The Balaban J connectivity index is 1.52. The highest BCUT2D eigenvalue weighted by Gasteiger charge is 2.23. The highest BCUT2D eigenvalue weighted by Crippen LogP contribution is 2.18. The smallest absolute Gasteiger partial charge is 0.224 e. The fraction of sp³-hybridized carbons (Fsp3) is 0.412. The standard InChI is InChI=1S/C17H21FN4O/c1-14(22-8-2-7-19-22)13-17(23)21-11-9-20(10-12-21)16-5-3-15(18)4-6-16/h2-8,14H,9-13H2,1H3. The molecule has 0 N–H and O–H groups in total. The van der Waals surface area contributed by atoms with Crippen LogP contribution in [0.5, 0.6) is 0 Å². The van der Waals surface area contributed by atoms with Gasteiger partial charge in [-0.2, -0.15) is 5.10 Å². The van der Waals surface area contributed by atoms with Crippen molar-refractivity contribution in [2.45, 2.75) is 19.4 Å². The number of amides is 1. The Labute approximate surface area is 135 Å². The average molecular weight is 316 g/mol. The Bertz CT molecular complexity index is 633. The van der Waals surface area contributed by atoms with Crippen molar-refractivity contribution in [3.8, 4) is 0 Å². The fourth-order valence-corrected chi connectivity index (χ4v) is 2.88. The maximum absolute atomic E-state index is 13.0. The lowest BCUT2D eigenvalue weighted by molar-refractivity contribution is -0.132. The van der Waals surface area contributed by atoms with Gasteiger partial charge in [0.1, 0.15) is 5.82 Å². The van der Waals surface area contributed by atoms with Crippen molar-refractivity contribution < 1.29 is 9.18 Å². The van der Waals surface area contributed by atoms with Crippen LogP contribution in [0.25, 0.3) is 0 Å². The molecule has 2 aromatic rings. The molecule has 6 heteroatoms. The van der Waals surface area contributed by atoms with Crippen LogP contribution in [0.4, 0.5) is 10.1 Å². The van der Waals surface area contributed by atoms with Crippen LogP contribution in [0, 0.1) is 5.82 Å². The molecule has 1 atom stereocenters. The van der Waals surface area contributed by atoms with Gasteiger partial charge in [0.25, 0.3) is 0 Å². The lowest BCUT2D eigenvalue weighted by Gasteiger charge is -2.36. The van der Waals surface area contributed by atoms with Crippen molar-refractivity contribution in [1.82, 2.24) is 14.7 Å². The van der Waals surface area contributed by atoms with E-state index in [1.165, 1.54) is 12.1 Å². The second-order valence-corrected chi connectivity index (χ2v) is 5.88. The summed E-state index contributed by atoms with van der Waals surface area (Å²) in [5, 5.41) is 4.18. The van der Waals surface area contributed by atoms with Gasteiger partial charge in [-0.05, 0) is 37.3 Å². The molecule has 1 aromatic carbocycles. The number of hydrogen-bond donors (Lipinski definition) is 0. The van der Waals surface area contributed by atoms with Gasteiger partial charge in [0.2, 0.25) is 5.91 Å². The van der Waals surface area contributed by atoms with Crippen LogP contribution in [-0.2, 0) is 4.79 Å². The molecule has 0 aliphatic carbocycles. The normalized spacial score (nSPS) is 16.4. The number of carbonyl (C=O) groups excluding carboxylic acids is 1. The monoisotopic (exact) mass is 316 g/mol. The molecular weight excluding hydrogens is 295 g/mol. The van der Waals surface area contributed by atoms with Gasteiger partial charge in [-0.3, -0.25) is 9.48 Å². The zero-order valence-electron chi connectivity index (χ0n) is 13.2. The van der Waals surface area contributed by atoms with Gasteiger partial charge in [0.15, 0.2) is 0 Å². The predicted octanol–water partition coefficient (Wildman–Crippen LogP) is 2.32. The first kappa shape index (κ1) is 15.5. The van der Waals surface area contributed by atoms with Crippen molar-refractivity contribution in [1.29, 1.82) is 0 Å². The molecule has 0 saturated carbocycles. The molecule has 122 valence electrons. The number of hydrogen-bond acceptors (Lipinski definition) is 3. The first-order valence-corrected chi connectivity index (χ1v) is 7.91. The minimum atomic E-state index is -0.227. The molecule has 1 aliphatic heterocycles. The number of nitrogens with zero attached hydrogens (tertiary/aromatic N) is 4. The molecule has 1 amide bonds. The van der Waals surface area contributed by atoms with Crippen LogP contribution in [0.3, 0.4) is 0 Å². The first-order valence-electron chi connectivity index (χ1n) is 7.91. The lowest BCUT2D eigenvalue weighted by Crippen LogP contribution is -2.49. The van der Waals surface area contributed by atoms with Crippen molar-refractivity contribution in [3.05, 3.63) is 48.5 Å². The van der Waals surface area contributed by atoms with E-state index in [-0.39, 0.29) is 17.8 Å². The molecule has 2 heterocycles. The first-order chi connectivity index (χ1) is 11.1. The minimum Gasteiger partial charge on any atom is -0.368 e. The molecule has 3 rings (SSSR count). The maximum Gasteiger partial charge on any atom is 0.224 e. The number of rotatable bonds is 4. The highest BCUT2D eigenvalue weighted by atomic mass is 19.1. The van der Waals surface area contributed by atoms with Gasteiger partial charge < -0.3 is 9.80 Å². The zero-order chi connectivity index (χ0) is 16.2. The van der Waals surface area contributed by atoms with Crippen molar-refractivity contribution in [3.63, 3.8) is 0 Å². The quantitative estimate of drug-likeness (QED) is 0.869. The molecule has 23 heavy (non-hydrogen) atoms. The van der Waals surface area contributed by atoms with Crippen molar-refractivity contribution in [2.24, 2.45) is 0 Å². The molecule has 5 nitrogen and oxygen atoms in total. The second-order valence-electron chi connectivity index (χ2n) is 5.88. The maximum atomic E-state index is 13.0. The molecule has 1 aliphatic rings. The topological polar surface area (TPSA) is 41.4 Å². The third-order valence-corrected chi connectivity index (χ3v) is 4.27. The zero-order valence-corrected chi connectivity index (χ0v) is 13.2. The number of halogens is 1. The molecule has 0 radical (unpaired) electrons. The van der Waals surface area contributed by atoms with Gasteiger partial charge in [-0.1, -0.05) is 0 Å². The van der Waals surface area contributed by atoms with Crippen molar-refractivity contribution >= 4 is 11.6 Å². The average Bonchev–Trinajstić information content (AvgIpc) is 3.10. The highest BCUT2D eigenvalue weighted by molar-refractivity contribution is 5.77. The van der Waals surface area contributed by atoms with Crippen molar-refractivity contribution in [2.75, 3.05) is 31.1 Å². The van der Waals surface area contributed by atoms with E-state index in [1.54, 1.807) is 18.3 Å². The SMILES string of the molecule is CC(CC(=O)N1CCN(c2ccc(F)cc2)CC1)n1cccn1. The van der Waals surface area contributed by atoms with E-state index in [4.69, 9.17) is 0 Å². The molecule has 1 fully saturated rings. The van der Waals surface area contributed by atoms with E-state index in [9.17, 15) is 9.18 Å². The molecule has 0 spiro atoms. The summed E-state index contributed by atoms with van der Waals surface area (Å²) in [4.78, 5) is 16.5. The molecule has 1 saturated heterocycles. The summed E-state index contributed by atoms with van der Waals surface area (Å²) < 4.78 is 14.8. The van der Waals surface area contributed by atoms with Gasteiger partial charge in [-0.25, -0.2) is 4.39 Å². The Morgan fingerprint density at radius 3 is 2.52 bits per heavy atom. The van der Waals surface area contributed by atoms with Crippen LogP contribution >= 0.6 is 0 Å². The second kappa shape index (κ2) is 6.81. The predicted molar refractivity (Wildman–Crippen MR) is 86.7 cm³/mol. The van der Waals surface area contributed by atoms with Gasteiger partial charge >= 0.3 is 0 Å². The molecular formula is C17H21FN4O. The molecule has 0 bridgehead atoms. The summed E-state index contributed by atoms with van der Waals surface area (Å²) in [6, 6.07) is 8.44. The van der Waals surface area contributed by atoms with Crippen LogP contribution < -0.4 is 4.90 Å². The van der Waals surface area contributed by atoms with E-state index < -0.39 is 0 Å². The summed E-state index contributed by atoms with van der Waals surface area (Å²) in [6.07, 6.45) is 4.06. The van der Waals surface area contributed by atoms with Gasteiger partial charge in [0, 0.05) is 50.7 Å². The number of piperazine rings is 1. The lowest BCUT2D eigenvalue weighted by atomic mass is 10.2. The Morgan fingerprint density at radius 1 is 1.22 bits per heavy atom.